The molecule has 1 aromatic carbocycles. The minimum absolute atomic E-state index is 0.000584. The fourth-order valence-corrected chi connectivity index (χ4v) is 2.21. The first-order valence-electron chi connectivity index (χ1n) is 7.20. The number of anilines is 3. The Morgan fingerprint density at radius 1 is 1.20 bits per heavy atom. The van der Waals surface area contributed by atoms with Crippen LogP contribution in [0, 0.1) is 0 Å². The van der Waals surface area contributed by atoms with E-state index in [1.807, 2.05) is 0 Å². The number of hydrogen-bond acceptors (Lipinski definition) is 5. The summed E-state index contributed by atoms with van der Waals surface area (Å²) in [6.07, 6.45) is -3.30. The number of methoxy groups -OCH3 is 1. The lowest BCUT2D eigenvalue weighted by molar-refractivity contribution is -0.137. The van der Waals surface area contributed by atoms with Crippen molar-refractivity contribution in [3.8, 4) is 0 Å². The molecule has 25 heavy (non-hydrogen) atoms. The van der Waals surface area contributed by atoms with Crippen molar-refractivity contribution < 1.29 is 17.9 Å². The first kappa shape index (κ1) is 19.6. The molecule has 2 rings (SSSR count). The van der Waals surface area contributed by atoms with Gasteiger partial charge in [-0.15, -0.1) is 0 Å². The Kier molecular flexibility index (Phi) is 6.69. The highest BCUT2D eigenvalue weighted by molar-refractivity contribution is 6.42. The van der Waals surface area contributed by atoms with Crippen molar-refractivity contribution >= 4 is 40.7 Å². The van der Waals surface area contributed by atoms with E-state index in [1.54, 1.807) is 12.1 Å². The number of alkyl halides is 3. The Morgan fingerprint density at radius 2 is 1.96 bits per heavy atom. The first-order chi connectivity index (χ1) is 11.8. The van der Waals surface area contributed by atoms with E-state index in [1.165, 1.54) is 13.2 Å². The van der Waals surface area contributed by atoms with Crippen LogP contribution < -0.4 is 10.6 Å². The van der Waals surface area contributed by atoms with Crippen LogP contribution in [0.3, 0.4) is 0 Å². The molecule has 5 nitrogen and oxygen atoms in total. The van der Waals surface area contributed by atoms with Crippen molar-refractivity contribution in [3.05, 3.63) is 40.0 Å². The Morgan fingerprint density at radius 3 is 2.60 bits per heavy atom. The number of aromatic nitrogens is 2. The lowest BCUT2D eigenvalue weighted by Crippen LogP contribution is -2.15. The van der Waals surface area contributed by atoms with Crippen LogP contribution in [0.1, 0.15) is 12.0 Å². The van der Waals surface area contributed by atoms with E-state index in [0.717, 1.165) is 6.20 Å². The molecule has 0 aliphatic heterocycles. The molecule has 0 spiro atoms. The third-order valence-corrected chi connectivity index (χ3v) is 3.83. The third-order valence-electron chi connectivity index (χ3n) is 3.09. The molecule has 10 heteroatoms. The smallest absolute Gasteiger partial charge is 0.385 e. The fourth-order valence-electron chi connectivity index (χ4n) is 1.91. The number of rotatable bonds is 7. The van der Waals surface area contributed by atoms with Crippen LogP contribution in [0.15, 0.2) is 24.4 Å². The van der Waals surface area contributed by atoms with Gasteiger partial charge in [-0.3, -0.25) is 0 Å². The summed E-state index contributed by atoms with van der Waals surface area (Å²) in [4.78, 5) is 7.63. The second kappa shape index (κ2) is 8.55. The number of ether oxygens (including phenoxy) is 1. The lowest BCUT2D eigenvalue weighted by Gasteiger charge is -2.15. The van der Waals surface area contributed by atoms with Crippen LogP contribution in [0.4, 0.5) is 30.6 Å². The van der Waals surface area contributed by atoms with Crippen LogP contribution in [0.5, 0.6) is 0 Å². The second-order valence-corrected chi connectivity index (χ2v) is 5.80. The highest BCUT2D eigenvalue weighted by atomic mass is 35.5. The topological polar surface area (TPSA) is 59.1 Å². The summed E-state index contributed by atoms with van der Waals surface area (Å²) in [6, 6.07) is 4.69. The van der Waals surface area contributed by atoms with Crippen molar-refractivity contribution in [1.29, 1.82) is 0 Å². The maximum atomic E-state index is 13.1. The molecule has 0 fully saturated rings. The minimum atomic E-state index is -4.56. The fraction of sp³-hybridized carbons (Fsp3) is 0.333. The predicted octanol–water partition coefficient (Wildman–Crippen LogP) is 4.99. The molecular formula is C15H15Cl2F3N4O. The Bertz CT molecular complexity index is 728. The molecule has 0 unspecified atom stereocenters. The first-order valence-corrected chi connectivity index (χ1v) is 7.96. The Hall–Kier alpha value is -1.77. The molecule has 0 saturated carbocycles. The number of nitrogens with zero attached hydrogens (tertiary/aromatic N) is 2. The van der Waals surface area contributed by atoms with Crippen LogP contribution >= 0.6 is 23.2 Å². The van der Waals surface area contributed by atoms with Gasteiger partial charge in [0.15, 0.2) is 0 Å². The highest BCUT2D eigenvalue weighted by Gasteiger charge is 2.35. The van der Waals surface area contributed by atoms with Gasteiger partial charge < -0.3 is 15.4 Å². The monoisotopic (exact) mass is 394 g/mol. The summed E-state index contributed by atoms with van der Waals surface area (Å²) in [7, 11) is 1.52. The van der Waals surface area contributed by atoms with Crippen LogP contribution in [-0.2, 0) is 10.9 Å². The summed E-state index contributed by atoms with van der Waals surface area (Å²) in [5.74, 6) is -0.304. The van der Waals surface area contributed by atoms with E-state index in [2.05, 4.69) is 20.6 Å². The number of benzene rings is 1. The second-order valence-electron chi connectivity index (χ2n) is 4.98. The molecule has 2 aromatic rings. The standard InChI is InChI=1S/C15H15Cl2F3N4O/c1-25-6-2-5-21-13-10(15(18,19)20)8-22-14(24-13)23-9-3-4-11(16)12(17)7-9/h3-4,7-8H,2,5-6H2,1H3,(H2,21,22,23,24). The largest absolute Gasteiger partial charge is 0.421 e. The van der Waals surface area contributed by atoms with Gasteiger partial charge in [-0.25, -0.2) is 4.98 Å². The number of halogens is 5. The van der Waals surface area contributed by atoms with E-state index in [4.69, 9.17) is 27.9 Å². The lowest BCUT2D eigenvalue weighted by atomic mass is 10.3. The highest BCUT2D eigenvalue weighted by Crippen LogP contribution is 2.34. The molecule has 2 N–H and O–H groups in total. The molecular weight excluding hydrogens is 380 g/mol. The minimum Gasteiger partial charge on any atom is -0.385 e. The van der Waals surface area contributed by atoms with Crippen molar-refractivity contribution in [1.82, 2.24) is 9.97 Å². The average Bonchev–Trinajstić information content (AvgIpc) is 2.54. The molecule has 1 heterocycles. The molecule has 0 bridgehead atoms. The van der Waals surface area contributed by atoms with Crippen molar-refractivity contribution in [3.63, 3.8) is 0 Å². The van der Waals surface area contributed by atoms with Gasteiger partial charge in [0.1, 0.15) is 11.4 Å². The summed E-state index contributed by atoms with van der Waals surface area (Å²) in [5, 5.41) is 6.12. The van der Waals surface area contributed by atoms with E-state index in [9.17, 15) is 13.2 Å². The molecule has 0 saturated heterocycles. The van der Waals surface area contributed by atoms with Gasteiger partial charge in [0.25, 0.3) is 0 Å². The van der Waals surface area contributed by atoms with Gasteiger partial charge in [0.05, 0.1) is 10.0 Å². The summed E-state index contributed by atoms with van der Waals surface area (Å²) < 4.78 is 44.1. The maximum Gasteiger partial charge on any atom is 0.421 e. The van der Waals surface area contributed by atoms with Crippen LogP contribution in [0.25, 0.3) is 0 Å². The molecule has 0 amide bonds. The summed E-state index contributed by atoms with van der Waals surface area (Å²) in [5.41, 5.74) is -0.441. The molecule has 0 radical (unpaired) electrons. The normalized spacial score (nSPS) is 11.4. The van der Waals surface area contributed by atoms with Crippen LogP contribution in [0.2, 0.25) is 10.0 Å². The zero-order chi connectivity index (χ0) is 18.4. The quantitative estimate of drug-likeness (QED) is 0.647. The van der Waals surface area contributed by atoms with E-state index < -0.39 is 11.7 Å². The van der Waals surface area contributed by atoms with E-state index >= 15 is 0 Å². The molecule has 1 aromatic heterocycles. The Balaban J connectivity index is 2.22. The van der Waals surface area contributed by atoms with Gasteiger partial charge in [0.2, 0.25) is 5.95 Å². The number of nitrogens with one attached hydrogen (secondary N) is 2. The van der Waals surface area contributed by atoms with Gasteiger partial charge in [0, 0.05) is 32.1 Å². The average molecular weight is 395 g/mol. The van der Waals surface area contributed by atoms with E-state index in [0.29, 0.717) is 28.8 Å². The van der Waals surface area contributed by atoms with Gasteiger partial charge >= 0.3 is 6.18 Å². The zero-order valence-electron chi connectivity index (χ0n) is 13.1. The van der Waals surface area contributed by atoms with Gasteiger partial charge in [-0.1, -0.05) is 23.2 Å². The molecule has 0 aliphatic carbocycles. The summed E-state index contributed by atoms with van der Waals surface area (Å²) in [6.45, 7) is 0.702. The molecule has 0 atom stereocenters. The summed E-state index contributed by atoms with van der Waals surface area (Å²) >= 11 is 11.7. The van der Waals surface area contributed by atoms with Crippen molar-refractivity contribution in [2.24, 2.45) is 0 Å². The number of hydrogen-bond donors (Lipinski definition) is 2. The van der Waals surface area contributed by atoms with Crippen molar-refractivity contribution in [2.45, 2.75) is 12.6 Å². The van der Waals surface area contributed by atoms with Gasteiger partial charge in [-0.05, 0) is 24.6 Å². The van der Waals surface area contributed by atoms with Crippen molar-refractivity contribution in [2.75, 3.05) is 30.9 Å². The predicted molar refractivity (Wildman–Crippen MR) is 91.8 cm³/mol. The molecule has 0 aliphatic rings. The van der Waals surface area contributed by atoms with E-state index in [-0.39, 0.29) is 18.3 Å². The maximum absolute atomic E-state index is 13.1. The molecule has 136 valence electrons. The third kappa shape index (κ3) is 5.62. The Labute approximate surface area is 152 Å². The van der Waals surface area contributed by atoms with Gasteiger partial charge in [-0.2, -0.15) is 18.2 Å². The zero-order valence-corrected chi connectivity index (χ0v) is 14.6. The SMILES string of the molecule is COCCCNc1nc(Nc2ccc(Cl)c(Cl)c2)ncc1C(F)(F)F. The van der Waals surface area contributed by atoms with Crippen LogP contribution in [-0.4, -0.2) is 30.2 Å².